The summed E-state index contributed by atoms with van der Waals surface area (Å²) in [5, 5.41) is 4.93. The highest BCUT2D eigenvalue weighted by molar-refractivity contribution is 9.10. The first-order valence-corrected chi connectivity index (χ1v) is 10.3. The first kappa shape index (κ1) is 24.7. The third-order valence-corrected chi connectivity index (χ3v) is 5.26. The number of halogens is 4. The van der Waals surface area contributed by atoms with Crippen molar-refractivity contribution in [2.45, 2.75) is 39.3 Å². The average Bonchev–Trinajstić information content (AvgIpc) is 2.62. The SMILES string of the molecule is C[C@H](NC(=O)OC(C)(C)C)C(=O)Nc1ccc(Cl)c(Br)c1C(=O)c1c(F)cccc1F. The fraction of sp³-hybridized carbons (Fsp3) is 0.286. The van der Waals surface area contributed by atoms with Crippen molar-refractivity contribution < 1.29 is 27.9 Å². The van der Waals surface area contributed by atoms with Crippen molar-refractivity contribution in [3.63, 3.8) is 0 Å². The molecule has 0 radical (unpaired) electrons. The predicted octanol–water partition coefficient (Wildman–Crippen LogP) is 5.46. The Morgan fingerprint density at radius 3 is 2.19 bits per heavy atom. The third-order valence-electron chi connectivity index (χ3n) is 3.90. The highest BCUT2D eigenvalue weighted by Gasteiger charge is 2.27. The van der Waals surface area contributed by atoms with Crippen LogP contribution >= 0.6 is 27.5 Å². The maximum Gasteiger partial charge on any atom is 0.408 e. The van der Waals surface area contributed by atoms with Crippen LogP contribution in [0.2, 0.25) is 5.02 Å². The zero-order chi connectivity index (χ0) is 23.5. The van der Waals surface area contributed by atoms with Gasteiger partial charge in [-0.1, -0.05) is 17.7 Å². The smallest absolute Gasteiger partial charge is 0.408 e. The van der Waals surface area contributed by atoms with Gasteiger partial charge in [-0.25, -0.2) is 13.6 Å². The molecule has 0 unspecified atom stereocenters. The van der Waals surface area contributed by atoms with E-state index < -0.39 is 46.6 Å². The molecule has 0 aromatic heterocycles. The van der Waals surface area contributed by atoms with Crippen LogP contribution in [0.15, 0.2) is 34.8 Å². The van der Waals surface area contributed by atoms with Gasteiger partial charge in [0.05, 0.1) is 21.8 Å². The Morgan fingerprint density at radius 2 is 1.65 bits per heavy atom. The molecule has 2 amide bonds. The third kappa shape index (κ3) is 6.24. The second-order valence-electron chi connectivity index (χ2n) is 7.57. The number of amides is 2. The first-order valence-electron chi connectivity index (χ1n) is 9.09. The molecule has 10 heteroatoms. The van der Waals surface area contributed by atoms with Gasteiger partial charge in [0.25, 0.3) is 0 Å². The number of carbonyl (C=O) groups excluding carboxylic acids is 3. The quantitative estimate of drug-likeness (QED) is 0.516. The number of ether oxygens (including phenoxy) is 1. The van der Waals surface area contributed by atoms with E-state index in [-0.39, 0.29) is 20.7 Å². The summed E-state index contributed by atoms with van der Waals surface area (Å²) in [6.07, 6.45) is -0.808. The summed E-state index contributed by atoms with van der Waals surface area (Å²) < 4.78 is 33.5. The lowest BCUT2D eigenvalue weighted by atomic mass is 10.00. The minimum atomic E-state index is -1.06. The van der Waals surface area contributed by atoms with Gasteiger partial charge >= 0.3 is 6.09 Å². The van der Waals surface area contributed by atoms with Crippen LogP contribution in [0.4, 0.5) is 19.3 Å². The molecule has 0 saturated heterocycles. The van der Waals surface area contributed by atoms with Crippen LogP contribution in [0.3, 0.4) is 0 Å². The summed E-state index contributed by atoms with van der Waals surface area (Å²) in [5.41, 5.74) is -1.84. The summed E-state index contributed by atoms with van der Waals surface area (Å²) in [6, 6.07) is 4.68. The van der Waals surface area contributed by atoms with Crippen molar-refractivity contribution in [2.24, 2.45) is 0 Å². The molecule has 2 aromatic carbocycles. The van der Waals surface area contributed by atoms with Crippen LogP contribution in [0.1, 0.15) is 43.6 Å². The summed E-state index contributed by atoms with van der Waals surface area (Å²) in [4.78, 5) is 37.4. The number of benzene rings is 2. The molecule has 0 fully saturated rings. The zero-order valence-electron chi connectivity index (χ0n) is 17.1. The van der Waals surface area contributed by atoms with Gasteiger partial charge in [-0.05, 0) is 67.9 Å². The average molecular weight is 518 g/mol. The van der Waals surface area contributed by atoms with E-state index in [0.717, 1.165) is 18.2 Å². The molecular formula is C21H20BrClF2N2O4. The molecule has 166 valence electrons. The first-order chi connectivity index (χ1) is 14.3. The largest absolute Gasteiger partial charge is 0.444 e. The summed E-state index contributed by atoms with van der Waals surface area (Å²) in [5.74, 6) is -3.83. The fourth-order valence-corrected chi connectivity index (χ4v) is 3.19. The molecule has 0 spiro atoms. The number of ketones is 1. The minimum Gasteiger partial charge on any atom is -0.444 e. The Labute approximate surface area is 191 Å². The van der Waals surface area contributed by atoms with E-state index in [1.165, 1.54) is 19.1 Å². The lowest BCUT2D eigenvalue weighted by Crippen LogP contribution is -2.44. The monoisotopic (exact) mass is 516 g/mol. The van der Waals surface area contributed by atoms with E-state index in [0.29, 0.717) is 0 Å². The molecule has 0 aliphatic rings. The number of hydrogen-bond donors (Lipinski definition) is 2. The molecule has 6 nitrogen and oxygen atoms in total. The summed E-state index contributed by atoms with van der Waals surface area (Å²) >= 11 is 9.19. The van der Waals surface area contributed by atoms with Gasteiger partial charge in [0, 0.05) is 4.47 Å². The second-order valence-corrected chi connectivity index (χ2v) is 8.77. The van der Waals surface area contributed by atoms with Crippen LogP contribution in [0.5, 0.6) is 0 Å². The summed E-state index contributed by atoms with van der Waals surface area (Å²) in [6.45, 7) is 6.41. The highest BCUT2D eigenvalue weighted by Crippen LogP contribution is 2.34. The molecule has 0 aliphatic heterocycles. The standard InChI is InChI=1S/C21H20BrClF2N2O4/c1-10(26-20(30)31-21(2,3)4)19(29)27-14-9-8-11(23)17(22)16(14)18(28)15-12(24)6-5-7-13(15)25/h5-10H,1-4H3,(H,26,30)(H,27,29)/t10-/m0/s1. The van der Waals surface area contributed by atoms with E-state index in [2.05, 4.69) is 26.6 Å². The molecule has 2 N–H and O–H groups in total. The van der Waals surface area contributed by atoms with E-state index in [1.807, 2.05) is 0 Å². The van der Waals surface area contributed by atoms with Gasteiger partial charge < -0.3 is 15.4 Å². The lowest BCUT2D eigenvalue weighted by molar-refractivity contribution is -0.117. The van der Waals surface area contributed by atoms with Crippen LogP contribution in [-0.4, -0.2) is 29.4 Å². The molecule has 0 bridgehead atoms. The molecule has 0 heterocycles. The van der Waals surface area contributed by atoms with Crippen LogP contribution in [0.25, 0.3) is 0 Å². The number of rotatable bonds is 5. The van der Waals surface area contributed by atoms with Crippen LogP contribution in [0, 0.1) is 11.6 Å². The van der Waals surface area contributed by atoms with Gasteiger partial charge in [0.15, 0.2) is 0 Å². The van der Waals surface area contributed by atoms with Crippen molar-refractivity contribution in [2.75, 3.05) is 5.32 Å². The molecular weight excluding hydrogens is 498 g/mol. The van der Waals surface area contributed by atoms with Crippen molar-refractivity contribution in [3.05, 3.63) is 62.6 Å². The Balaban J connectivity index is 2.34. The lowest BCUT2D eigenvalue weighted by Gasteiger charge is -2.22. The molecule has 31 heavy (non-hydrogen) atoms. The Kier molecular flexibility index (Phi) is 7.77. The van der Waals surface area contributed by atoms with Crippen molar-refractivity contribution in [1.82, 2.24) is 5.32 Å². The fourth-order valence-electron chi connectivity index (χ4n) is 2.51. The van der Waals surface area contributed by atoms with Gasteiger partial charge in [-0.3, -0.25) is 9.59 Å². The number of carbonyl (C=O) groups is 3. The molecule has 2 aromatic rings. The normalized spacial score (nSPS) is 12.1. The number of hydrogen-bond acceptors (Lipinski definition) is 4. The highest BCUT2D eigenvalue weighted by atomic mass is 79.9. The van der Waals surface area contributed by atoms with Gasteiger partial charge in [0.2, 0.25) is 11.7 Å². The summed E-state index contributed by atoms with van der Waals surface area (Å²) in [7, 11) is 0. The topological polar surface area (TPSA) is 84.5 Å². The predicted molar refractivity (Wildman–Crippen MR) is 116 cm³/mol. The Hall–Kier alpha value is -2.52. The van der Waals surface area contributed by atoms with Crippen molar-refractivity contribution in [1.29, 1.82) is 0 Å². The number of anilines is 1. The Morgan fingerprint density at radius 1 is 1.06 bits per heavy atom. The van der Waals surface area contributed by atoms with E-state index in [9.17, 15) is 23.2 Å². The molecule has 0 saturated carbocycles. The second kappa shape index (κ2) is 9.74. The molecule has 2 rings (SSSR count). The van der Waals surface area contributed by atoms with E-state index >= 15 is 0 Å². The van der Waals surface area contributed by atoms with Crippen molar-refractivity contribution in [3.8, 4) is 0 Å². The zero-order valence-corrected chi connectivity index (χ0v) is 19.5. The van der Waals surface area contributed by atoms with Gasteiger partial charge in [-0.2, -0.15) is 0 Å². The maximum absolute atomic E-state index is 14.2. The molecule has 1 atom stereocenters. The van der Waals surface area contributed by atoms with Crippen LogP contribution < -0.4 is 10.6 Å². The van der Waals surface area contributed by atoms with Gasteiger partial charge in [0.1, 0.15) is 23.3 Å². The van der Waals surface area contributed by atoms with Gasteiger partial charge in [-0.15, -0.1) is 0 Å². The van der Waals surface area contributed by atoms with E-state index in [1.54, 1.807) is 20.8 Å². The maximum atomic E-state index is 14.2. The van der Waals surface area contributed by atoms with Crippen molar-refractivity contribution >= 4 is 51.0 Å². The van der Waals surface area contributed by atoms with E-state index in [4.69, 9.17) is 16.3 Å². The minimum absolute atomic E-state index is 0.0485. The number of nitrogens with one attached hydrogen (secondary N) is 2. The molecule has 0 aliphatic carbocycles. The number of alkyl carbamates (subject to hydrolysis) is 1. The van der Waals surface area contributed by atoms with Crippen LogP contribution in [-0.2, 0) is 9.53 Å². The Bertz CT molecular complexity index is 1020.